The Balaban J connectivity index is 2.70. The van der Waals surface area contributed by atoms with Crippen LogP contribution in [0.15, 0.2) is 18.3 Å². The van der Waals surface area contributed by atoms with Gasteiger partial charge in [-0.15, -0.1) is 0 Å². The molecule has 1 rings (SSSR count). The molecule has 0 fully saturated rings. The van der Waals surface area contributed by atoms with Gasteiger partial charge in [-0.1, -0.05) is 0 Å². The van der Waals surface area contributed by atoms with Crippen molar-refractivity contribution < 1.29 is 22.8 Å². The van der Waals surface area contributed by atoms with E-state index in [9.17, 15) is 22.8 Å². The number of pyridine rings is 1. The number of carbonyl (C=O) groups excluding carboxylic acids is 2. The van der Waals surface area contributed by atoms with Crippen LogP contribution in [-0.4, -0.2) is 29.8 Å². The fraction of sp³-hybridized carbons (Fsp3) is 0.417. The summed E-state index contributed by atoms with van der Waals surface area (Å²) in [6.07, 6.45) is -1.28. The second kappa shape index (κ2) is 6.99. The van der Waals surface area contributed by atoms with Crippen molar-refractivity contribution in [2.45, 2.75) is 25.1 Å². The topological polar surface area (TPSA) is 85.1 Å². The normalized spacial score (nSPS) is 12.8. The van der Waals surface area contributed by atoms with E-state index in [1.807, 2.05) is 0 Å². The molecule has 1 aromatic heterocycles. The van der Waals surface area contributed by atoms with Gasteiger partial charge in [-0.25, -0.2) is 0 Å². The Hall–Kier alpha value is -1.96. The molecule has 20 heavy (non-hydrogen) atoms. The zero-order valence-corrected chi connectivity index (χ0v) is 10.4. The second-order valence-electron chi connectivity index (χ2n) is 4.00. The van der Waals surface area contributed by atoms with Gasteiger partial charge < -0.3 is 11.1 Å². The van der Waals surface area contributed by atoms with Crippen molar-refractivity contribution in [2.24, 2.45) is 5.73 Å². The summed E-state index contributed by atoms with van der Waals surface area (Å²) in [6.45, 7) is 0.357. The molecular weight excluding hydrogens is 275 g/mol. The van der Waals surface area contributed by atoms with Crippen LogP contribution in [-0.2, 0) is 11.0 Å². The van der Waals surface area contributed by atoms with Crippen molar-refractivity contribution in [1.82, 2.24) is 10.3 Å². The number of rotatable bonds is 6. The third-order valence-corrected chi connectivity index (χ3v) is 2.46. The molecule has 1 amide bonds. The van der Waals surface area contributed by atoms with Crippen LogP contribution >= 0.6 is 0 Å². The summed E-state index contributed by atoms with van der Waals surface area (Å²) >= 11 is 0. The average Bonchev–Trinajstić information content (AvgIpc) is 2.42. The van der Waals surface area contributed by atoms with Gasteiger partial charge in [0, 0.05) is 6.20 Å². The van der Waals surface area contributed by atoms with Crippen LogP contribution in [0.5, 0.6) is 0 Å². The standard InChI is InChI=1S/C12H13F3N3O2/c13-12(14,15)10-4-3-8(6-17-10)11(20)18-9(7-19)2-1-5-16/h3-4,6,9H,1-2,5,16H2,(H,18,20)/t9-/m1/s1. The van der Waals surface area contributed by atoms with Crippen molar-refractivity contribution in [3.63, 3.8) is 0 Å². The summed E-state index contributed by atoms with van der Waals surface area (Å²) in [5.74, 6) is -0.684. The van der Waals surface area contributed by atoms with Crippen LogP contribution in [0.1, 0.15) is 28.9 Å². The molecule has 0 saturated heterocycles. The lowest BCUT2D eigenvalue weighted by atomic mass is 10.1. The lowest BCUT2D eigenvalue weighted by Gasteiger charge is -2.11. The van der Waals surface area contributed by atoms with Crippen LogP contribution in [0.25, 0.3) is 0 Å². The fourth-order valence-corrected chi connectivity index (χ4v) is 1.42. The highest BCUT2D eigenvalue weighted by atomic mass is 19.4. The van der Waals surface area contributed by atoms with Crippen LogP contribution in [0, 0.1) is 0 Å². The Labute approximate surface area is 113 Å². The molecule has 1 radical (unpaired) electrons. The SMILES string of the molecule is NCCC[C@H]([C]=O)NC(=O)c1ccc(C(F)(F)F)nc1. The summed E-state index contributed by atoms with van der Waals surface area (Å²) in [7, 11) is 0. The van der Waals surface area contributed by atoms with E-state index in [-0.39, 0.29) is 5.56 Å². The molecule has 0 saturated carbocycles. The minimum absolute atomic E-state index is 0.0639. The first-order chi connectivity index (χ1) is 9.38. The predicted octanol–water partition coefficient (Wildman–Crippen LogP) is 1.05. The number of nitrogens with one attached hydrogen (secondary N) is 1. The van der Waals surface area contributed by atoms with E-state index in [4.69, 9.17) is 5.73 Å². The Morgan fingerprint density at radius 2 is 2.15 bits per heavy atom. The zero-order chi connectivity index (χ0) is 15.2. The highest BCUT2D eigenvalue weighted by Gasteiger charge is 2.32. The van der Waals surface area contributed by atoms with Crippen LogP contribution < -0.4 is 11.1 Å². The molecule has 8 heteroatoms. The van der Waals surface area contributed by atoms with Gasteiger partial charge in [0.15, 0.2) is 0 Å². The maximum absolute atomic E-state index is 12.3. The molecule has 0 aromatic carbocycles. The molecular formula is C12H13F3N3O2. The zero-order valence-electron chi connectivity index (χ0n) is 10.4. The summed E-state index contributed by atoms with van der Waals surface area (Å²) in [5, 5.41) is 2.34. The van der Waals surface area contributed by atoms with Crippen LogP contribution in [0.2, 0.25) is 0 Å². The number of amides is 1. The van der Waals surface area contributed by atoms with Crippen molar-refractivity contribution in [1.29, 1.82) is 0 Å². The molecule has 0 aliphatic carbocycles. The molecule has 5 nitrogen and oxygen atoms in total. The molecule has 0 bridgehead atoms. The Morgan fingerprint density at radius 1 is 1.45 bits per heavy atom. The Bertz CT molecular complexity index is 460. The highest BCUT2D eigenvalue weighted by molar-refractivity contribution is 5.95. The van der Waals surface area contributed by atoms with Gasteiger partial charge in [0.2, 0.25) is 6.29 Å². The van der Waals surface area contributed by atoms with E-state index in [1.165, 1.54) is 0 Å². The van der Waals surface area contributed by atoms with E-state index < -0.39 is 23.8 Å². The summed E-state index contributed by atoms with van der Waals surface area (Å²) in [6, 6.07) is 0.859. The van der Waals surface area contributed by atoms with Crippen LogP contribution in [0.4, 0.5) is 13.2 Å². The largest absolute Gasteiger partial charge is 0.433 e. The van der Waals surface area contributed by atoms with E-state index in [2.05, 4.69) is 10.3 Å². The van der Waals surface area contributed by atoms with Crippen LogP contribution in [0.3, 0.4) is 0 Å². The number of alkyl halides is 3. The number of carbonyl (C=O) groups is 1. The third kappa shape index (κ3) is 4.61. The minimum atomic E-state index is -4.56. The van der Waals surface area contributed by atoms with Gasteiger partial charge >= 0.3 is 6.18 Å². The molecule has 0 aliphatic heterocycles. The van der Waals surface area contributed by atoms with Crippen molar-refractivity contribution in [3.05, 3.63) is 29.6 Å². The lowest BCUT2D eigenvalue weighted by Crippen LogP contribution is -2.36. The maximum atomic E-state index is 12.3. The first-order valence-corrected chi connectivity index (χ1v) is 5.80. The van der Waals surface area contributed by atoms with Gasteiger partial charge in [0.05, 0.1) is 11.6 Å². The fourth-order valence-electron chi connectivity index (χ4n) is 1.42. The smallest absolute Gasteiger partial charge is 0.342 e. The number of nitrogens with zero attached hydrogens (tertiary/aromatic N) is 1. The summed E-state index contributed by atoms with van der Waals surface area (Å²) < 4.78 is 36.9. The molecule has 1 heterocycles. The molecule has 109 valence electrons. The van der Waals surface area contributed by atoms with Crippen molar-refractivity contribution >= 4 is 12.2 Å². The first-order valence-electron chi connectivity index (χ1n) is 5.80. The molecule has 1 atom stereocenters. The predicted molar refractivity (Wildman–Crippen MR) is 64.5 cm³/mol. The van der Waals surface area contributed by atoms with Crippen molar-refractivity contribution in [2.75, 3.05) is 6.54 Å². The van der Waals surface area contributed by atoms with E-state index in [0.717, 1.165) is 12.3 Å². The minimum Gasteiger partial charge on any atom is -0.342 e. The van der Waals surface area contributed by atoms with E-state index in [0.29, 0.717) is 25.5 Å². The molecule has 3 N–H and O–H groups in total. The Morgan fingerprint density at radius 3 is 2.60 bits per heavy atom. The number of hydrogen-bond donors (Lipinski definition) is 2. The van der Waals surface area contributed by atoms with Gasteiger partial charge in [0.25, 0.3) is 5.91 Å². The number of halogens is 3. The molecule has 0 spiro atoms. The number of hydrogen-bond acceptors (Lipinski definition) is 4. The quantitative estimate of drug-likeness (QED) is 0.819. The monoisotopic (exact) mass is 288 g/mol. The maximum Gasteiger partial charge on any atom is 0.433 e. The van der Waals surface area contributed by atoms with Gasteiger partial charge in [-0.2, -0.15) is 13.2 Å². The Kier molecular flexibility index (Phi) is 5.63. The average molecular weight is 288 g/mol. The molecule has 1 aromatic rings. The number of nitrogens with two attached hydrogens (primary N) is 1. The summed E-state index contributed by atoms with van der Waals surface area (Å²) in [4.78, 5) is 25.5. The van der Waals surface area contributed by atoms with Gasteiger partial charge in [-0.3, -0.25) is 14.6 Å². The van der Waals surface area contributed by atoms with Gasteiger partial charge in [-0.05, 0) is 31.5 Å². The van der Waals surface area contributed by atoms with E-state index >= 15 is 0 Å². The lowest BCUT2D eigenvalue weighted by molar-refractivity contribution is -0.141. The molecule has 0 unspecified atom stereocenters. The van der Waals surface area contributed by atoms with E-state index in [1.54, 1.807) is 6.29 Å². The van der Waals surface area contributed by atoms with Gasteiger partial charge in [0.1, 0.15) is 5.69 Å². The first kappa shape index (κ1) is 16.1. The summed E-state index contributed by atoms with van der Waals surface area (Å²) in [5.41, 5.74) is 4.12. The highest BCUT2D eigenvalue weighted by Crippen LogP contribution is 2.27. The third-order valence-electron chi connectivity index (χ3n) is 2.46. The second-order valence-corrected chi connectivity index (χ2v) is 4.00. The molecule has 0 aliphatic rings. The number of aromatic nitrogens is 1. The van der Waals surface area contributed by atoms with Crippen molar-refractivity contribution in [3.8, 4) is 0 Å².